The van der Waals surface area contributed by atoms with E-state index in [0.29, 0.717) is 45.1 Å². The Balaban J connectivity index is 0.00000125. The van der Waals surface area contributed by atoms with Crippen LogP contribution in [0, 0.1) is 18.6 Å². The standard InChI is InChI=1S/C29H33F6N7O2.2C2H6/c1-14-4-6-37-7-8-38-25-19-24(40-27(41-25)43-13-28-5-3-9-42(28)12-16(30)11-28)22(32)23(39-26(19)44-14)17-10-18(36)21(31)15(2)20(17)29(33,34)35;2*1-2/h10,14,16,37H,3-9,11-13,36H2,1-2H3,(H,38,40,41);2*1-2H3. The van der Waals surface area contributed by atoms with Crippen molar-refractivity contribution in [2.45, 2.75) is 91.2 Å². The third-order valence-electron chi connectivity index (χ3n) is 8.66. The number of anilines is 2. The molecule has 3 atom stereocenters. The van der Waals surface area contributed by atoms with E-state index in [9.17, 15) is 22.0 Å². The first-order valence-corrected chi connectivity index (χ1v) is 16.6. The molecular formula is C33H45F6N7O2. The number of hydrogen-bond donors (Lipinski definition) is 3. The zero-order chi connectivity index (χ0) is 35.4. The summed E-state index contributed by atoms with van der Waals surface area (Å²) in [6, 6.07) is 0.472. The highest BCUT2D eigenvalue weighted by atomic mass is 19.4. The lowest BCUT2D eigenvalue weighted by molar-refractivity contribution is -0.137. The van der Waals surface area contributed by atoms with Crippen molar-refractivity contribution in [2.24, 2.45) is 0 Å². The van der Waals surface area contributed by atoms with Crippen LogP contribution in [-0.2, 0) is 6.18 Å². The Morgan fingerprint density at radius 3 is 2.52 bits per heavy atom. The van der Waals surface area contributed by atoms with Gasteiger partial charge in [-0.15, -0.1) is 0 Å². The lowest BCUT2D eigenvalue weighted by Gasteiger charge is -2.30. The number of nitrogens with two attached hydrogens (primary N) is 1. The molecule has 0 radical (unpaired) electrons. The largest absolute Gasteiger partial charge is 0.474 e. The molecule has 15 heteroatoms. The van der Waals surface area contributed by atoms with Gasteiger partial charge in [0.15, 0.2) is 5.82 Å². The molecule has 2 saturated heterocycles. The van der Waals surface area contributed by atoms with Crippen LogP contribution in [0.1, 0.15) is 71.4 Å². The topological polar surface area (TPSA) is 110 Å². The molecule has 3 aromatic rings. The van der Waals surface area contributed by atoms with Crippen LogP contribution in [0.15, 0.2) is 6.07 Å². The van der Waals surface area contributed by atoms with E-state index in [0.717, 1.165) is 19.9 Å². The van der Waals surface area contributed by atoms with Crippen molar-refractivity contribution < 1.29 is 35.8 Å². The van der Waals surface area contributed by atoms with Gasteiger partial charge in [0.05, 0.1) is 22.9 Å². The van der Waals surface area contributed by atoms with Crippen molar-refractivity contribution in [1.82, 2.24) is 25.2 Å². The SMILES string of the molecule is CC.CC.Cc1c(F)c(N)cc(-c2nc3c4c(nc(OCC56CCCN5CC(F)C6)nc4c2F)NCCNCCC(C)O3)c1C(F)(F)F. The molecule has 3 aliphatic heterocycles. The maximum atomic E-state index is 16.5. The van der Waals surface area contributed by atoms with E-state index >= 15 is 4.39 Å². The molecule has 0 saturated carbocycles. The van der Waals surface area contributed by atoms with Gasteiger partial charge in [-0.3, -0.25) is 4.90 Å². The summed E-state index contributed by atoms with van der Waals surface area (Å²) >= 11 is 0. The Morgan fingerprint density at radius 1 is 1.08 bits per heavy atom. The summed E-state index contributed by atoms with van der Waals surface area (Å²) in [5.41, 5.74) is 0.442. The molecule has 5 heterocycles. The van der Waals surface area contributed by atoms with Crippen LogP contribution < -0.4 is 25.8 Å². The minimum Gasteiger partial charge on any atom is -0.474 e. The molecule has 0 amide bonds. The maximum absolute atomic E-state index is 16.5. The minimum atomic E-state index is -5.07. The second-order valence-electron chi connectivity index (χ2n) is 11.7. The number of nitrogen functional groups attached to an aromatic ring is 1. The molecule has 4 N–H and O–H groups in total. The van der Waals surface area contributed by atoms with Crippen LogP contribution in [-0.4, -0.2) is 77.0 Å². The number of pyridine rings is 1. The van der Waals surface area contributed by atoms with Gasteiger partial charge in [0, 0.05) is 31.6 Å². The van der Waals surface area contributed by atoms with Gasteiger partial charge in [0.25, 0.3) is 0 Å². The molecule has 48 heavy (non-hydrogen) atoms. The molecule has 6 rings (SSSR count). The predicted octanol–water partition coefficient (Wildman–Crippen LogP) is 7.06. The first kappa shape index (κ1) is 37.2. The van der Waals surface area contributed by atoms with Gasteiger partial charge in [-0.1, -0.05) is 27.7 Å². The summed E-state index contributed by atoms with van der Waals surface area (Å²) in [5, 5.41) is 6.36. The molecule has 266 valence electrons. The summed E-state index contributed by atoms with van der Waals surface area (Å²) in [5.74, 6) is -2.57. The number of aromatic nitrogens is 3. The van der Waals surface area contributed by atoms with E-state index in [2.05, 4.69) is 25.6 Å². The molecule has 2 aromatic heterocycles. The van der Waals surface area contributed by atoms with E-state index in [1.54, 1.807) is 6.92 Å². The van der Waals surface area contributed by atoms with Gasteiger partial charge in [-0.05, 0) is 57.8 Å². The number of hydrogen-bond acceptors (Lipinski definition) is 9. The number of rotatable bonds is 4. The molecular weight excluding hydrogens is 640 g/mol. The van der Waals surface area contributed by atoms with Gasteiger partial charge >= 0.3 is 12.2 Å². The summed E-state index contributed by atoms with van der Waals surface area (Å²) in [6.45, 7) is 13.2. The first-order valence-electron chi connectivity index (χ1n) is 16.6. The number of alkyl halides is 4. The summed E-state index contributed by atoms with van der Waals surface area (Å²) < 4.78 is 100. The van der Waals surface area contributed by atoms with Crippen molar-refractivity contribution in [1.29, 1.82) is 0 Å². The normalized spacial score (nSPS) is 22.7. The summed E-state index contributed by atoms with van der Waals surface area (Å²) in [6.07, 6.45) is -4.18. The zero-order valence-electron chi connectivity index (χ0n) is 28.3. The highest BCUT2D eigenvalue weighted by Gasteiger charge is 2.49. The molecule has 3 unspecified atom stereocenters. The fourth-order valence-corrected chi connectivity index (χ4v) is 6.54. The van der Waals surface area contributed by atoms with Crippen LogP contribution in [0.3, 0.4) is 0 Å². The van der Waals surface area contributed by atoms with E-state index in [-0.39, 0.29) is 36.1 Å². The smallest absolute Gasteiger partial charge is 0.417 e. The predicted molar refractivity (Wildman–Crippen MR) is 174 cm³/mol. The Bertz CT molecular complexity index is 1590. The summed E-state index contributed by atoms with van der Waals surface area (Å²) in [7, 11) is 0. The molecule has 9 nitrogen and oxygen atoms in total. The van der Waals surface area contributed by atoms with E-state index in [1.807, 2.05) is 32.6 Å². The Kier molecular flexibility index (Phi) is 11.9. The van der Waals surface area contributed by atoms with Gasteiger partial charge < -0.3 is 25.8 Å². The monoisotopic (exact) mass is 685 g/mol. The maximum Gasteiger partial charge on any atom is 0.417 e. The highest BCUT2D eigenvalue weighted by molar-refractivity contribution is 5.96. The van der Waals surface area contributed by atoms with Crippen molar-refractivity contribution in [3.8, 4) is 23.1 Å². The van der Waals surface area contributed by atoms with Gasteiger partial charge in [0.1, 0.15) is 41.0 Å². The van der Waals surface area contributed by atoms with Crippen molar-refractivity contribution in [3.63, 3.8) is 0 Å². The minimum absolute atomic E-state index is 0.0121. The van der Waals surface area contributed by atoms with Crippen molar-refractivity contribution >= 4 is 22.4 Å². The second kappa shape index (κ2) is 15.3. The number of benzene rings is 1. The van der Waals surface area contributed by atoms with E-state index in [1.165, 1.54) is 0 Å². The number of ether oxygens (including phenoxy) is 2. The van der Waals surface area contributed by atoms with Gasteiger partial charge in [0.2, 0.25) is 5.88 Å². The Hall–Kier alpha value is -3.59. The fourth-order valence-electron chi connectivity index (χ4n) is 6.54. The summed E-state index contributed by atoms with van der Waals surface area (Å²) in [4.78, 5) is 15.0. The number of halogens is 6. The quantitative estimate of drug-likeness (QED) is 0.196. The lowest BCUT2D eigenvalue weighted by Crippen LogP contribution is -2.43. The molecule has 0 spiro atoms. The van der Waals surface area contributed by atoms with Crippen LogP contribution in [0.5, 0.6) is 11.9 Å². The fraction of sp³-hybridized carbons (Fsp3) is 0.606. The van der Waals surface area contributed by atoms with Gasteiger partial charge in [-0.2, -0.15) is 23.1 Å². The average Bonchev–Trinajstić information content (AvgIpc) is 3.57. The van der Waals surface area contributed by atoms with Crippen molar-refractivity contribution in [2.75, 3.05) is 50.4 Å². The lowest BCUT2D eigenvalue weighted by atomic mass is 9.95. The van der Waals surface area contributed by atoms with Crippen molar-refractivity contribution in [3.05, 3.63) is 28.8 Å². The Labute approximate surface area is 277 Å². The van der Waals surface area contributed by atoms with Crippen LogP contribution in [0.4, 0.5) is 37.8 Å². The average molecular weight is 686 g/mol. The second-order valence-corrected chi connectivity index (χ2v) is 11.7. The highest BCUT2D eigenvalue weighted by Crippen LogP contribution is 2.45. The third kappa shape index (κ3) is 7.36. The number of fused-ring (bicyclic) bond motifs is 1. The Morgan fingerprint density at radius 2 is 1.81 bits per heavy atom. The van der Waals surface area contributed by atoms with Crippen LogP contribution in [0.25, 0.3) is 22.2 Å². The third-order valence-corrected chi connectivity index (χ3v) is 8.66. The van der Waals surface area contributed by atoms with Crippen LogP contribution >= 0.6 is 0 Å². The molecule has 2 fully saturated rings. The zero-order valence-corrected chi connectivity index (χ0v) is 28.3. The number of nitrogens with zero attached hydrogens (tertiary/aromatic N) is 4. The van der Waals surface area contributed by atoms with E-state index in [4.69, 9.17) is 15.2 Å². The van der Waals surface area contributed by atoms with Crippen LogP contribution in [0.2, 0.25) is 0 Å². The molecule has 3 aliphatic rings. The number of nitrogens with one attached hydrogen (secondary N) is 2. The first-order chi connectivity index (χ1) is 22.9. The molecule has 1 aromatic carbocycles. The molecule has 0 aliphatic carbocycles. The van der Waals surface area contributed by atoms with Gasteiger partial charge in [-0.25, -0.2) is 18.2 Å². The molecule has 0 bridgehead atoms. The van der Waals surface area contributed by atoms with E-state index < -0.39 is 69.2 Å².